The van der Waals surface area contributed by atoms with Crippen molar-refractivity contribution in [1.29, 1.82) is 0 Å². The van der Waals surface area contributed by atoms with Crippen LogP contribution >= 0.6 is 23.2 Å². The smallest absolute Gasteiger partial charge is 0.124 e. The summed E-state index contributed by atoms with van der Waals surface area (Å²) in [6.45, 7) is 0. The third-order valence-electron chi connectivity index (χ3n) is 2.54. The molecular formula is C11H12Cl2O2. The van der Waals surface area contributed by atoms with Crippen LogP contribution in [0.15, 0.2) is 18.2 Å². The molecule has 0 unspecified atom stereocenters. The average Bonchev–Trinajstić information content (AvgIpc) is 2.50. The standard InChI is InChI=1S/C11H12Cl2O2/c12-7-4-8(13)6-9(5-7)15-11-3-1-2-10(11)14/h4-6,10-11,14H,1-3H2/t10-,11-/m1/s1. The van der Waals surface area contributed by atoms with E-state index in [0.717, 1.165) is 19.3 Å². The lowest BCUT2D eigenvalue weighted by atomic mass is 10.2. The molecule has 0 aromatic heterocycles. The fraction of sp³-hybridized carbons (Fsp3) is 0.455. The minimum atomic E-state index is -0.372. The highest BCUT2D eigenvalue weighted by molar-refractivity contribution is 6.34. The number of aliphatic hydroxyl groups is 1. The molecule has 0 heterocycles. The maximum atomic E-state index is 9.60. The third-order valence-corrected chi connectivity index (χ3v) is 2.98. The van der Waals surface area contributed by atoms with Crippen LogP contribution in [-0.2, 0) is 0 Å². The Morgan fingerprint density at radius 3 is 2.33 bits per heavy atom. The Kier molecular flexibility index (Phi) is 3.39. The molecular weight excluding hydrogens is 235 g/mol. The van der Waals surface area contributed by atoms with Crippen molar-refractivity contribution in [2.24, 2.45) is 0 Å². The lowest BCUT2D eigenvalue weighted by Crippen LogP contribution is -2.25. The van der Waals surface area contributed by atoms with Crippen LogP contribution in [0.1, 0.15) is 19.3 Å². The molecule has 1 saturated carbocycles. The molecule has 2 rings (SSSR count). The summed E-state index contributed by atoms with van der Waals surface area (Å²) < 4.78 is 5.63. The highest BCUT2D eigenvalue weighted by Gasteiger charge is 2.26. The van der Waals surface area contributed by atoms with Crippen LogP contribution in [0, 0.1) is 0 Å². The largest absolute Gasteiger partial charge is 0.488 e. The first-order valence-corrected chi connectivity index (χ1v) is 5.71. The molecule has 0 bridgehead atoms. The Labute approximate surface area is 98.8 Å². The van der Waals surface area contributed by atoms with Crippen LogP contribution in [0.2, 0.25) is 10.0 Å². The van der Waals surface area contributed by atoms with Crippen molar-refractivity contribution in [2.75, 3.05) is 0 Å². The van der Waals surface area contributed by atoms with E-state index >= 15 is 0 Å². The van der Waals surface area contributed by atoms with Gasteiger partial charge in [-0.05, 0) is 37.5 Å². The molecule has 2 atom stereocenters. The number of benzene rings is 1. The molecule has 1 aliphatic rings. The normalized spacial score (nSPS) is 25.5. The average molecular weight is 247 g/mol. The van der Waals surface area contributed by atoms with Crippen molar-refractivity contribution in [3.05, 3.63) is 28.2 Å². The number of rotatable bonds is 2. The molecule has 82 valence electrons. The van der Waals surface area contributed by atoms with E-state index in [9.17, 15) is 5.11 Å². The van der Waals surface area contributed by atoms with Gasteiger partial charge in [0.1, 0.15) is 11.9 Å². The Morgan fingerprint density at radius 2 is 1.80 bits per heavy atom. The van der Waals surface area contributed by atoms with Crippen molar-refractivity contribution < 1.29 is 9.84 Å². The van der Waals surface area contributed by atoms with Gasteiger partial charge in [0.25, 0.3) is 0 Å². The molecule has 1 N–H and O–H groups in total. The van der Waals surface area contributed by atoms with Crippen molar-refractivity contribution in [3.63, 3.8) is 0 Å². The van der Waals surface area contributed by atoms with E-state index < -0.39 is 0 Å². The van der Waals surface area contributed by atoms with Crippen LogP contribution in [0.25, 0.3) is 0 Å². The summed E-state index contributed by atoms with van der Waals surface area (Å²) in [5, 5.41) is 10.7. The zero-order valence-electron chi connectivity index (χ0n) is 8.12. The highest BCUT2D eigenvalue weighted by atomic mass is 35.5. The molecule has 2 nitrogen and oxygen atoms in total. The van der Waals surface area contributed by atoms with Crippen LogP contribution in [-0.4, -0.2) is 17.3 Å². The van der Waals surface area contributed by atoms with Crippen molar-refractivity contribution >= 4 is 23.2 Å². The molecule has 1 fully saturated rings. The van der Waals surface area contributed by atoms with E-state index in [1.807, 2.05) is 0 Å². The van der Waals surface area contributed by atoms with Gasteiger partial charge in [0.05, 0.1) is 6.10 Å². The van der Waals surface area contributed by atoms with Gasteiger partial charge in [-0.15, -0.1) is 0 Å². The number of aliphatic hydroxyl groups excluding tert-OH is 1. The predicted molar refractivity (Wildman–Crippen MR) is 60.7 cm³/mol. The summed E-state index contributed by atoms with van der Waals surface area (Å²) >= 11 is 11.7. The second-order valence-corrected chi connectivity index (χ2v) is 4.63. The van der Waals surface area contributed by atoms with Gasteiger partial charge in [-0.3, -0.25) is 0 Å². The Morgan fingerprint density at radius 1 is 1.13 bits per heavy atom. The van der Waals surface area contributed by atoms with Gasteiger partial charge < -0.3 is 9.84 Å². The van der Waals surface area contributed by atoms with Gasteiger partial charge in [-0.1, -0.05) is 23.2 Å². The molecule has 1 aliphatic carbocycles. The summed E-state index contributed by atoms with van der Waals surface area (Å²) in [5.41, 5.74) is 0. The van der Waals surface area contributed by atoms with Crippen LogP contribution in [0.5, 0.6) is 5.75 Å². The van der Waals surface area contributed by atoms with E-state index in [-0.39, 0.29) is 12.2 Å². The predicted octanol–water partition coefficient (Wildman–Crippen LogP) is 3.29. The lowest BCUT2D eigenvalue weighted by molar-refractivity contribution is 0.0604. The number of hydrogen-bond acceptors (Lipinski definition) is 2. The number of ether oxygens (including phenoxy) is 1. The maximum absolute atomic E-state index is 9.60. The number of hydrogen-bond donors (Lipinski definition) is 1. The number of halogens is 2. The minimum absolute atomic E-state index is 0.125. The Hall–Kier alpha value is -0.440. The van der Waals surface area contributed by atoms with Gasteiger partial charge in [0.15, 0.2) is 0 Å². The van der Waals surface area contributed by atoms with Gasteiger partial charge in [0, 0.05) is 10.0 Å². The zero-order valence-corrected chi connectivity index (χ0v) is 9.63. The molecule has 0 amide bonds. The SMILES string of the molecule is O[C@@H]1CCC[C@H]1Oc1cc(Cl)cc(Cl)c1. The quantitative estimate of drug-likeness (QED) is 0.868. The molecule has 1 aromatic rings. The van der Waals surface area contributed by atoms with Gasteiger partial charge in [-0.2, -0.15) is 0 Å². The first-order valence-electron chi connectivity index (χ1n) is 4.96. The first-order chi connectivity index (χ1) is 7.15. The summed E-state index contributed by atoms with van der Waals surface area (Å²) in [5.74, 6) is 0.624. The van der Waals surface area contributed by atoms with Gasteiger partial charge in [-0.25, -0.2) is 0 Å². The summed E-state index contributed by atoms with van der Waals surface area (Å²) in [6, 6.07) is 5.07. The van der Waals surface area contributed by atoms with E-state index in [1.165, 1.54) is 0 Å². The fourth-order valence-electron chi connectivity index (χ4n) is 1.82. The molecule has 0 aliphatic heterocycles. The van der Waals surface area contributed by atoms with E-state index in [1.54, 1.807) is 18.2 Å². The minimum Gasteiger partial charge on any atom is -0.488 e. The van der Waals surface area contributed by atoms with Crippen LogP contribution < -0.4 is 4.74 Å². The van der Waals surface area contributed by atoms with Crippen molar-refractivity contribution in [1.82, 2.24) is 0 Å². The second kappa shape index (κ2) is 4.60. The monoisotopic (exact) mass is 246 g/mol. The van der Waals surface area contributed by atoms with Crippen molar-refractivity contribution in [2.45, 2.75) is 31.5 Å². The molecule has 15 heavy (non-hydrogen) atoms. The topological polar surface area (TPSA) is 29.5 Å². The molecule has 4 heteroatoms. The summed E-state index contributed by atoms with van der Waals surface area (Å²) in [7, 11) is 0. The fourth-order valence-corrected chi connectivity index (χ4v) is 2.32. The second-order valence-electron chi connectivity index (χ2n) is 3.76. The van der Waals surface area contributed by atoms with Gasteiger partial charge in [0.2, 0.25) is 0 Å². The Bertz CT molecular complexity index is 334. The van der Waals surface area contributed by atoms with Gasteiger partial charge >= 0.3 is 0 Å². The highest BCUT2D eigenvalue weighted by Crippen LogP contribution is 2.28. The molecule has 0 saturated heterocycles. The zero-order chi connectivity index (χ0) is 10.8. The van der Waals surface area contributed by atoms with Crippen LogP contribution in [0.4, 0.5) is 0 Å². The third kappa shape index (κ3) is 2.77. The maximum Gasteiger partial charge on any atom is 0.124 e. The van der Waals surface area contributed by atoms with E-state index in [4.69, 9.17) is 27.9 Å². The lowest BCUT2D eigenvalue weighted by Gasteiger charge is -2.17. The van der Waals surface area contributed by atoms with E-state index in [2.05, 4.69) is 0 Å². The Balaban J connectivity index is 2.10. The summed E-state index contributed by atoms with van der Waals surface area (Å²) in [4.78, 5) is 0. The summed E-state index contributed by atoms with van der Waals surface area (Å²) in [6.07, 6.45) is 2.19. The molecule has 0 radical (unpaired) electrons. The molecule has 0 spiro atoms. The van der Waals surface area contributed by atoms with Crippen molar-refractivity contribution in [3.8, 4) is 5.75 Å². The first kappa shape index (κ1) is 11.1. The molecule has 1 aromatic carbocycles. The van der Waals surface area contributed by atoms with Crippen LogP contribution in [0.3, 0.4) is 0 Å². The van der Waals surface area contributed by atoms with E-state index in [0.29, 0.717) is 15.8 Å².